The summed E-state index contributed by atoms with van der Waals surface area (Å²) in [5.41, 5.74) is 0.922. The Bertz CT molecular complexity index is 802. The Kier molecular flexibility index (Phi) is 2.63. The van der Waals surface area contributed by atoms with Gasteiger partial charge in [-0.05, 0) is 20.3 Å². The van der Waals surface area contributed by atoms with Crippen molar-refractivity contribution in [1.82, 2.24) is 34.3 Å². The lowest BCUT2D eigenvalue weighted by Crippen LogP contribution is -2.32. The molecule has 1 aliphatic rings. The average molecular weight is 284 g/mol. The summed E-state index contributed by atoms with van der Waals surface area (Å²) >= 11 is 0. The molecule has 8 heteroatoms. The highest BCUT2D eigenvalue weighted by atomic mass is 15.4. The SMILES string of the molecule is Cc1cc(N[C@@H]2CCc3nc(C)nn3C2)n2ncnc2n1. The lowest BCUT2D eigenvalue weighted by Gasteiger charge is -2.24. The number of aryl methyl sites for hydroxylation is 3. The van der Waals surface area contributed by atoms with E-state index in [0.29, 0.717) is 11.8 Å². The van der Waals surface area contributed by atoms with Gasteiger partial charge in [0.1, 0.15) is 23.8 Å². The molecule has 0 unspecified atom stereocenters. The van der Waals surface area contributed by atoms with Crippen LogP contribution in [0.5, 0.6) is 0 Å². The van der Waals surface area contributed by atoms with Crippen LogP contribution < -0.4 is 5.32 Å². The lowest BCUT2D eigenvalue weighted by molar-refractivity contribution is 0.439. The highest BCUT2D eigenvalue weighted by molar-refractivity contribution is 5.45. The van der Waals surface area contributed by atoms with Crippen LogP contribution in [0.2, 0.25) is 0 Å². The van der Waals surface area contributed by atoms with Crippen molar-refractivity contribution < 1.29 is 0 Å². The number of hydrogen-bond acceptors (Lipinski definition) is 6. The molecule has 4 rings (SSSR count). The first-order chi connectivity index (χ1) is 10.2. The maximum Gasteiger partial charge on any atom is 0.254 e. The number of nitrogens with one attached hydrogen (secondary N) is 1. The molecule has 8 nitrogen and oxygen atoms in total. The van der Waals surface area contributed by atoms with Crippen molar-refractivity contribution in [2.45, 2.75) is 39.3 Å². The molecular weight excluding hydrogens is 268 g/mol. The first-order valence-corrected chi connectivity index (χ1v) is 7.03. The highest BCUT2D eigenvalue weighted by Crippen LogP contribution is 2.18. The van der Waals surface area contributed by atoms with Gasteiger partial charge < -0.3 is 5.32 Å². The summed E-state index contributed by atoms with van der Waals surface area (Å²) in [7, 11) is 0. The molecule has 4 heterocycles. The normalized spacial score (nSPS) is 17.9. The van der Waals surface area contributed by atoms with Gasteiger partial charge in [0.2, 0.25) is 0 Å². The molecule has 0 bridgehead atoms. The molecule has 0 saturated carbocycles. The molecule has 108 valence electrons. The molecule has 3 aromatic rings. The first-order valence-electron chi connectivity index (χ1n) is 7.03. The van der Waals surface area contributed by atoms with Crippen LogP contribution >= 0.6 is 0 Å². The van der Waals surface area contributed by atoms with Crippen LogP contribution in [0.1, 0.15) is 23.8 Å². The summed E-state index contributed by atoms with van der Waals surface area (Å²) in [6.45, 7) is 4.70. The second-order valence-electron chi connectivity index (χ2n) is 5.39. The maximum absolute atomic E-state index is 4.43. The van der Waals surface area contributed by atoms with Gasteiger partial charge in [-0.25, -0.2) is 14.6 Å². The minimum absolute atomic E-state index is 0.299. The standard InChI is InChI=1S/C13H16N8/c1-8-5-12(21-13(16-8)14-7-15-21)18-10-3-4-11-17-9(2)19-20(11)6-10/h5,7,10,18H,3-4,6H2,1-2H3/t10-/m1/s1. The lowest BCUT2D eigenvalue weighted by atomic mass is 10.1. The number of anilines is 1. The van der Waals surface area contributed by atoms with Crippen LogP contribution in [-0.4, -0.2) is 40.4 Å². The van der Waals surface area contributed by atoms with E-state index < -0.39 is 0 Å². The van der Waals surface area contributed by atoms with E-state index in [1.54, 1.807) is 4.52 Å². The molecular formula is C13H16N8. The van der Waals surface area contributed by atoms with Crippen LogP contribution in [0.15, 0.2) is 12.4 Å². The van der Waals surface area contributed by atoms with E-state index in [0.717, 1.165) is 42.5 Å². The second-order valence-corrected chi connectivity index (χ2v) is 5.39. The van der Waals surface area contributed by atoms with Crippen LogP contribution in [-0.2, 0) is 13.0 Å². The summed E-state index contributed by atoms with van der Waals surface area (Å²) in [4.78, 5) is 12.9. The van der Waals surface area contributed by atoms with Gasteiger partial charge in [0.15, 0.2) is 0 Å². The Morgan fingerprint density at radius 1 is 1.29 bits per heavy atom. The topological polar surface area (TPSA) is 85.8 Å². The van der Waals surface area contributed by atoms with E-state index in [2.05, 4.69) is 30.5 Å². The van der Waals surface area contributed by atoms with E-state index in [1.807, 2.05) is 24.6 Å². The molecule has 0 saturated heterocycles. The molecule has 1 aliphatic heterocycles. The number of rotatable bonds is 2. The molecule has 0 aliphatic carbocycles. The van der Waals surface area contributed by atoms with Gasteiger partial charge in [0.05, 0.1) is 6.54 Å². The predicted octanol–water partition coefficient (Wildman–Crippen LogP) is 0.760. The van der Waals surface area contributed by atoms with Gasteiger partial charge in [-0.15, -0.1) is 0 Å². The third-order valence-electron chi connectivity index (χ3n) is 3.70. The number of aromatic nitrogens is 7. The second kappa shape index (κ2) is 4.51. The van der Waals surface area contributed by atoms with Crippen molar-refractivity contribution >= 4 is 11.6 Å². The third-order valence-corrected chi connectivity index (χ3v) is 3.70. The van der Waals surface area contributed by atoms with Gasteiger partial charge in [0.25, 0.3) is 5.78 Å². The molecule has 0 fully saturated rings. The van der Waals surface area contributed by atoms with Gasteiger partial charge in [0, 0.05) is 24.2 Å². The zero-order valence-corrected chi connectivity index (χ0v) is 12.0. The summed E-state index contributed by atoms with van der Waals surface area (Å²) in [6, 6.07) is 2.29. The Morgan fingerprint density at radius 2 is 2.19 bits per heavy atom. The molecule has 21 heavy (non-hydrogen) atoms. The van der Waals surface area contributed by atoms with E-state index in [1.165, 1.54) is 6.33 Å². The highest BCUT2D eigenvalue weighted by Gasteiger charge is 2.21. The van der Waals surface area contributed by atoms with Crippen molar-refractivity contribution in [3.05, 3.63) is 29.7 Å². The van der Waals surface area contributed by atoms with Crippen molar-refractivity contribution in [3.8, 4) is 0 Å². The van der Waals surface area contributed by atoms with Gasteiger partial charge in [-0.1, -0.05) is 0 Å². The molecule has 1 N–H and O–H groups in total. The van der Waals surface area contributed by atoms with E-state index in [-0.39, 0.29) is 0 Å². The predicted molar refractivity (Wildman–Crippen MR) is 76.0 cm³/mol. The fourth-order valence-electron chi connectivity index (χ4n) is 2.79. The largest absolute Gasteiger partial charge is 0.365 e. The van der Waals surface area contributed by atoms with Crippen molar-refractivity contribution in [2.24, 2.45) is 0 Å². The first kappa shape index (κ1) is 12.2. The fourth-order valence-corrected chi connectivity index (χ4v) is 2.79. The fraction of sp³-hybridized carbons (Fsp3) is 0.462. The monoisotopic (exact) mass is 284 g/mol. The van der Waals surface area contributed by atoms with Crippen molar-refractivity contribution in [3.63, 3.8) is 0 Å². The molecule has 0 amide bonds. The average Bonchev–Trinajstić information content (AvgIpc) is 3.03. The maximum atomic E-state index is 4.43. The van der Waals surface area contributed by atoms with Crippen LogP contribution in [0.4, 0.5) is 5.82 Å². The zero-order valence-electron chi connectivity index (χ0n) is 12.0. The molecule has 0 spiro atoms. The molecule has 1 atom stereocenters. The number of nitrogens with zero attached hydrogens (tertiary/aromatic N) is 7. The van der Waals surface area contributed by atoms with Crippen LogP contribution in [0, 0.1) is 13.8 Å². The summed E-state index contributed by atoms with van der Waals surface area (Å²) in [5.74, 6) is 3.44. The summed E-state index contributed by atoms with van der Waals surface area (Å²) < 4.78 is 3.72. The van der Waals surface area contributed by atoms with Gasteiger partial charge >= 0.3 is 0 Å². The minimum atomic E-state index is 0.299. The smallest absolute Gasteiger partial charge is 0.254 e. The van der Waals surface area contributed by atoms with Gasteiger partial charge in [-0.3, -0.25) is 0 Å². The quantitative estimate of drug-likeness (QED) is 0.747. The molecule has 0 aromatic carbocycles. The van der Waals surface area contributed by atoms with E-state index >= 15 is 0 Å². The van der Waals surface area contributed by atoms with Crippen LogP contribution in [0.3, 0.4) is 0 Å². The molecule has 0 radical (unpaired) electrons. The zero-order chi connectivity index (χ0) is 14.4. The Balaban J connectivity index is 1.62. The summed E-state index contributed by atoms with van der Waals surface area (Å²) in [6.07, 6.45) is 3.48. The number of fused-ring (bicyclic) bond motifs is 2. The Labute approximate surface area is 121 Å². The molecule has 3 aromatic heterocycles. The van der Waals surface area contributed by atoms with E-state index in [9.17, 15) is 0 Å². The minimum Gasteiger partial charge on any atom is -0.365 e. The summed E-state index contributed by atoms with van der Waals surface area (Å²) in [5, 5.41) is 12.2. The van der Waals surface area contributed by atoms with Gasteiger partial charge in [-0.2, -0.15) is 19.7 Å². The Hall–Kier alpha value is -2.51. The van der Waals surface area contributed by atoms with Crippen LogP contribution in [0.25, 0.3) is 5.78 Å². The third kappa shape index (κ3) is 2.12. The van der Waals surface area contributed by atoms with Crippen molar-refractivity contribution in [1.29, 1.82) is 0 Å². The van der Waals surface area contributed by atoms with Crippen molar-refractivity contribution in [2.75, 3.05) is 5.32 Å². The van der Waals surface area contributed by atoms with E-state index in [4.69, 9.17) is 0 Å². The Morgan fingerprint density at radius 3 is 3.10 bits per heavy atom. The number of hydrogen-bond donors (Lipinski definition) is 1.